The fourth-order valence-electron chi connectivity index (χ4n) is 0.814. The molecule has 0 spiro atoms. The minimum atomic E-state index is -1.19. The molecule has 6 heteroatoms. The van der Waals surface area contributed by atoms with Crippen LogP contribution in [0.5, 0.6) is 0 Å². The third-order valence-electron chi connectivity index (χ3n) is 1.41. The summed E-state index contributed by atoms with van der Waals surface area (Å²) >= 11 is 0. The van der Waals surface area contributed by atoms with Gasteiger partial charge in [-0.05, 0) is 5.46 Å². The summed E-state index contributed by atoms with van der Waals surface area (Å²) < 4.78 is 25.1. The molecule has 0 N–H and O–H groups in total. The number of rotatable bonds is 1. The Bertz CT molecular complexity index is 319. The van der Waals surface area contributed by atoms with E-state index in [1.807, 2.05) is 0 Å². The summed E-state index contributed by atoms with van der Waals surface area (Å²) in [6.07, 6.45) is 0. The van der Waals surface area contributed by atoms with Crippen LogP contribution < -0.4 is 5.46 Å². The van der Waals surface area contributed by atoms with Gasteiger partial charge in [-0.1, -0.05) is 0 Å². The van der Waals surface area contributed by atoms with E-state index in [-0.39, 0.29) is 5.46 Å². The van der Waals surface area contributed by atoms with Gasteiger partial charge in [-0.15, -0.1) is 0 Å². The molecular weight excluding hydrogens is 167 g/mol. The summed E-state index contributed by atoms with van der Waals surface area (Å²) in [7, 11) is 1.27. The van der Waals surface area contributed by atoms with E-state index in [9.17, 15) is 18.9 Å². The highest BCUT2D eigenvalue weighted by atomic mass is 19.2. The van der Waals surface area contributed by atoms with E-state index < -0.39 is 22.2 Å². The van der Waals surface area contributed by atoms with Crippen molar-refractivity contribution in [3.8, 4) is 0 Å². The zero-order valence-corrected chi connectivity index (χ0v) is 6.17. The largest absolute Gasteiger partial charge is 0.272 e. The number of nitro benzene ring substituents is 1. The van der Waals surface area contributed by atoms with Gasteiger partial charge in [0.2, 0.25) is 0 Å². The maximum atomic E-state index is 12.6. The van der Waals surface area contributed by atoms with Crippen molar-refractivity contribution in [3.63, 3.8) is 0 Å². The molecule has 0 radical (unpaired) electrons. The summed E-state index contributed by atoms with van der Waals surface area (Å²) in [5, 5.41) is 10.1. The molecule has 1 aromatic rings. The van der Waals surface area contributed by atoms with Crippen LogP contribution in [0.2, 0.25) is 0 Å². The van der Waals surface area contributed by atoms with Gasteiger partial charge in [-0.2, -0.15) is 0 Å². The molecule has 62 valence electrons. The van der Waals surface area contributed by atoms with Gasteiger partial charge < -0.3 is 0 Å². The minimum Gasteiger partial charge on any atom is -0.258 e. The molecule has 0 atom stereocenters. The number of hydrogen-bond donors (Lipinski definition) is 0. The molecule has 0 amide bonds. The van der Waals surface area contributed by atoms with Gasteiger partial charge in [0.1, 0.15) is 7.85 Å². The predicted octanol–water partition coefficient (Wildman–Crippen LogP) is 0.131. The first kappa shape index (κ1) is 8.64. The summed E-state index contributed by atoms with van der Waals surface area (Å²) in [5.74, 6) is -2.23. The Hall–Kier alpha value is -1.46. The first-order valence-corrected chi connectivity index (χ1v) is 3.12. The molecule has 0 fully saturated rings. The van der Waals surface area contributed by atoms with Crippen LogP contribution >= 0.6 is 0 Å². The van der Waals surface area contributed by atoms with Gasteiger partial charge in [-0.3, -0.25) is 10.1 Å². The van der Waals surface area contributed by atoms with E-state index in [1.54, 1.807) is 0 Å². The molecule has 1 rings (SSSR count). The van der Waals surface area contributed by atoms with Crippen molar-refractivity contribution < 1.29 is 13.7 Å². The number of nitrogens with zero attached hydrogens (tertiary/aromatic N) is 1. The Morgan fingerprint density at radius 2 is 2.00 bits per heavy atom. The monoisotopic (exact) mass is 171 g/mol. The van der Waals surface area contributed by atoms with Crippen LogP contribution in [-0.4, -0.2) is 12.8 Å². The lowest BCUT2D eigenvalue weighted by Gasteiger charge is -1.97. The fourth-order valence-corrected chi connectivity index (χ4v) is 0.814. The van der Waals surface area contributed by atoms with Crippen molar-refractivity contribution >= 4 is 19.0 Å². The quantitative estimate of drug-likeness (QED) is 0.342. The topological polar surface area (TPSA) is 43.1 Å². The van der Waals surface area contributed by atoms with Gasteiger partial charge in [0.15, 0.2) is 11.6 Å². The van der Waals surface area contributed by atoms with Crippen molar-refractivity contribution in [2.45, 2.75) is 0 Å². The van der Waals surface area contributed by atoms with Crippen molar-refractivity contribution in [2.75, 3.05) is 0 Å². The second-order valence-corrected chi connectivity index (χ2v) is 2.32. The van der Waals surface area contributed by atoms with Crippen molar-refractivity contribution in [1.29, 1.82) is 0 Å². The third kappa shape index (κ3) is 1.41. The summed E-state index contributed by atoms with van der Waals surface area (Å²) in [4.78, 5) is 9.36. The Morgan fingerprint density at radius 3 is 2.42 bits per heavy atom. The molecule has 0 aliphatic heterocycles. The maximum absolute atomic E-state index is 12.6. The van der Waals surface area contributed by atoms with E-state index in [4.69, 9.17) is 0 Å². The Labute approximate surface area is 67.6 Å². The van der Waals surface area contributed by atoms with Gasteiger partial charge in [0, 0.05) is 6.07 Å². The lowest BCUT2D eigenvalue weighted by molar-refractivity contribution is -0.385. The maximum Gasteiger partial charge on any atom is 0.272 e. The second kappa shape index (κ2) is 2.88. The molecule has 0 saturated carbocycles. The first-order chi connectivity index (χ1) is 5.52. The van der Waals surface area contributed by atoms with E-state index in [1.165, 1.54) is 7.85 Å². The lowest BCUT2D eigenvalue weighted by Crippen LogP contribution is -2.11. The number of halogens is 2. The van der Waals surface area contributed by atoms with E-state index >= 15 is 0 Å². The number of benzene rings is 1. The summed E-state index contributed by atoms with van der Waals surface area (Å²) in [5.41, 5.74) is -0.506. The number of non-ortho nitro benzene ring substituents is 1. The second-order valence-electron chi connectivity index (χ2n) is 2.32. The van der Waals surface area contributed by atoms with Gasteiger partial charge in [0.05, 0.1) is 11.0 Å². The van der Waals surface area contributed by atoms with Crippen molar-refractivity contribution in [1.82, 2.24) is 0 Å². The Kier molecular flexibility index (Phi) is 2.08. The van der Waals surface area contributed by atoms with Crippen LogP contribution in [-0.2, 0) is 0 Å². The highest BCUT2D eigenvalue weighted by Gasteiger charge is 2.13. The summed E-state index contributed by atoms with van der Waals surface area (Å²) in [6, 6.07) is 1.54. The highest BCUT2D eigenvalue weighted by molar-refractivity contribution is 6.32. The molecule has 0 saturated heterocycles. The van der Waals surface area contributed by atoms with Gasteiger partial charge >= 0.3 is 0 Å². The predicted molar refractivity (Wildman–Crippen MR) is 41.2 cm³/mol. The molecule has 0 aromatic heterocycles. The molecular formula is C6H4BF2NO2. The van der Waals surface area contributed by atoms with Crippen molar-refractivity contribution in [3.05, 3.63) is 33.9 Å². The van der Waals surface area contributed by atoms with Crippen LogP contribution in [0.15, 0.2) is 12.1 Å². The van der Waals surface area contributed by atoms with Crippen LogP contribution in [0.3, 0.4) is 0 Å². The normalized spacial score (nSPS) is 9.83. The average molecular weight is 171 g/mol. The van der Waals surface area contributed by atoms with Crippen molar-refractivity contribution in [2.24, 2.45) is 0 Å². The SMILES string of the molecule is Bc1cc([N+](=O)[O-])cc(F)c1F. The molecule has 0 unspecified atom stereocenters. The minimum absolute atomic E-state index is 0.0679. The summed E-state index contributed by atoms with van der Waals surface area (Å²) in [6.45, 7) is 0. The Balaban J connectivity index is 3.31. The first-order valence-electron chi connectivity index (χ1n) is 3.12. The Morgan fingerprint density at radius 1 is 1.42 bits per heavy atom. The third-order valence-corrected chi connectivity index (χ3v) is 1.41. The fraction of sp³-hybridized carbons (Fsp3) is 0. The molecule has 0 heterocycles. The zero-order chi connectivity index (χ0) is 9.30. The number of nitro groups is 1. The smallest absolute Gasteiger partial charge is 0.258 e. The van der Waals surface area contributed by atoms with Gasteiger partial charge in [-0.25, -0.2) is 8.78 Å². The van der Waals surface area contributed by atoms with E-state index in [2.05, 4.69) is 0 Å². The molecule has 0 aliphatic rings. The zero-order valence-electron chi connectivity index (χ0n) is 6.17. The molecule has 1 aromatic carbocycles. The highest BCUT2D eigenvalue weighted by Crippen LogP contribution is 2.12. The van der Waals surface area contributed by atoms with Crippen LogP contribution in [0.4, 0.5) is 14.5 Å². The van der Waals surface area contributed by atoms with E-state index in [0.717, 1.165) is 6.07 Å². The van der Waals surface area contributed by atoms with Gasteiger partial charge in [0.25, 0.3) is 5.69 Å². The van der Waals surface area contributed by atoms with Crippen LogP contribution in [0, 0.1) is 21.7 Å². The molecule has 12 heavy (non-hydrogen) atoms. The molecule has 0 aliphatic carbocycles. The average Bonchev–Trinajstić information content (AvgIpc) is 1.99. The van der Waals surface area contributed by atoms with E-state index in [0.29, 0.717) is 6.07 Å². The molecule has 0 bridgehead atoms. The molecule has 3 nitrogen and oxygen atoms in total. The number of hydrogen-bond acceptors (Lipinski definition) is 2. The standard InChI is InChI=1S/C6H4BF2NO2/c7-4-1-3(10(11)12)2-5(8)6(4)9/h1-2H,7H2. The lowest BCUT2D eigenvalue weighted by atomic mass is 9.95. The van der Waals surface area contributed by atoms with Crippen LogP contribution in [0.1, 0.15) is 0 Å². The van der Waals surface area contributed by atoms with Crippen LogP contribution in [0.25, 0.3) is 0 Å².